The first-order valence-electron chi connectivity index (χ1n) is 16.4. The second-order valence-corrected chi connectivity index (χ2v) is 13.7. The van der Waals surface area contributed by atoms with Gasteiger partial charge in [0.15, 0.2) is 0 Å². The Morgan fingerprint density at radius 1 is 0.980 bits per heavy atom. The summed E-state index contributed by atoms with van der Waals surface area (Å²) in [5.41, 5.74) is -0.369. The number of aromatic nitrogens is 1. The molecule has 1 unspecified atom stereocenters. The molecular weight excluding hydrogens is 663 g/mol. The molecule has 6 rings (SSSR count). The zero-order chi connectivity index (χ0) is 36.5. The number of amides is 1. The van der Waals surface area contributed by atoms with Crippen LogP contribution in [0.25, 0.3) is 11.3 Å². The van der Waals surface area contributed by atoms with Gasteiger partial charge >= 0.3 is 12.1 Å². The summed E-state index contributed by atoms with van der Waals surface area (Å²) in [6, 6.07) is 17.1. The van der Waals surface area contributed by atoms with Gasteiger partial charge in [-0.05, 0) is 87.7 Å². The largest absolute Gasteiger partial charge is 0.478 e. The number of carbonyl (C=O) groups is 2. The fraction of sp³-hybridized carbons (Fsp3) is 0.316. The quantitative estimate of drug-likeness (QED) is 0.143. The first kappa shape index (κ1) is 35.1. The Labute approximate surface area is 292 Å². The van der Waals surface area contributed by atoms with Crippen molar-refractivity contribution in [2.75, 3.05) is 17.2 Å². The number of benzene rings is 3. The maximum Gasteiger partial charge on any atom is 0.410 e. The molecule has 1 fully saturated rings. The summed E-state index contributed by atoms with van der Waals surface area (Å²) in [6.07, 6.45) is 1.34. The highest BCUT2D eigenvalue weighted by Crippen LogP contribution is 2.40. The first-order valence-corrected chi connectivity index (χ1v) is 16.4. The minimum absolute atomic E-state index is 0.00290. The van der Waals surface area contributed by atoms with Gasteiger partial charge in [-0.1, -0.05) is 12.1 Å². The third-order valence-corrected chi connectivity index (χ3v) is 8.60. The van der Waals surface area contributed by atoms with Crippen LogP contribution in [0.4, 0.5) is 29.3 Å². The highest BCUT2D eigenvalue weighted by molar-refractivity contribution is 5.92. The Morgan fingerprint density at radius 2 is 1.73 bits per heavy atom. The van der Waals surface area contributed by atoms with Crippen molar-refractivity contribution in [3.8, 4) is 23.2 Å². The molecule has 2 heterocycles. The molecule has 4 aromatic rings. The number of ether oxygens (including phenoxy) is 2. The highest BCUT2D eigenvalue weighted by Gasteiger charge is 2.41. The van der Waals surface area contributed by atoms with E-state index in [0.29, 0.717) is 11.4 Å². The van der Waals surface area contributed by atoms with Crippen molar-refractivity contribution in [1.29, 1.82) is 5.26 Å². The maximum absolute atomic E-state index is 16.0. The van der Waals surface area contributed by atoms with Crippen LogP contribution in [-0.4, -0.2) is 50.9 Å². The maximum atomic E-state index is 16.0. The molecule has 0 spiro atoms. The molecule has 1 aliphatic carbocycles. The molecule has 1 atom stereocenters. The molecule has 0 radical (unpaired) electrons. The van der Waals surface area contributed by atoms with Gasteiger partial charge in [0.25, 0.3) is 0 Å². The third kappa shape index (κ3) is 8.17. The molecule has 0 saturated heterocycles. The standard InChI is InChI=1S/C38H36F3N5O5/c1-37(2,3)51-36(49)46(26-10-11-26)14-13-38(44-32-12-9-23(35(47)48)17-33(32)45-38)19-25-16-30(41)27(18-29(25)40)31-5-4-6-34(43-31)50-21-24-8-7-22(20-42)15-28(24)39/h4-9,12,15-18,26,44-45H,10-11,13-14,19,21H2,1-3H3,(H,47,48). The van der Waals surface area contributed by atoms with E-state index in [2.05, 4.69) is 15.6 Å². The number of carboxylic acids is 1. The summed E-state index contributed by atoms with van der Waals surface area (Å²) in [4.78, 5) is 30.8. The van der Waals surface area contributed by atoms with Gasteiger partial charge in [-0.2, -0.15) is 5.26 Å². The van der Waals surface area contributed by atoms with Crippen molar-refractivity contribution in [1.82, 2.24) is 9.88 Å². The van der Waals surface area contributed by atoms with E-state index in [1.807, 2.05) is 6.07 Å². The molecule has 2 aliphatic rings. The number of carboxylic acid groups (broad SMARTS) is 1. The minimum atomic E-state index is -1.13. The second kappa shape index (κ2) is 13.9. The number of fused-ring (bicyclic) bond motifs is 1. The number of nitriles is 1. The number of aromatic carboxylic acids is 1. The van der Waals surface area contributed by atoms with Gasteiger partial charge in [-0.3, -0.25) is 0 Å². The Balaban J connectivity index is 1.25. The number of hydrogen-bond acceptors (Lipinski definition) is 8. The van der Waals surface area contributed by atoms with Crippen LogP contribution in [0.3, 0.4) is 0 Å². The summed E-state index contributed by atoms with van der Waals surface area (Å²) in [5.74, 6) is -3.14. The number of anilines is 2. The van der Waals surface area contributed by atoms with Gasteiger partial charge in [-0.15, -0.1) is 0 Å². The molecule has 3 N–H and O–H groups in total. The number of nitrogens with zero attached hydrogens (tertiary/aromatic N) is 3. The second-order valence-electron chi connectivity index (χ2n) is 13.7. The Morgan fingerprint density at radius 3 is 2.41 bits per heavy atom. The zero-order valence-corrected chi connectivity index (χ0v) is 28.2. The minimum Gasteiger partial charge on any atom is -0.478 e. The Kier molecular flexibility index (Phi) is 9.53. The molecule has 51 heavy (non-hydrogen) atoms. The summed E-state index contributed by atoms with van der Waals surface area (Å²) < 4.78 is 57.4. The number of rotatable bonds is 11. The molecule has 10 nitrogen and oxygen atoms in total. The van der Waals surface area contributed by atoms with E-state index in [4.69, 9.17) is 14.7 Å². The summed E-state index contributed by atoms with van der Waals surface area (Å²) in [7, 11) is 0. The average Bonchev–Trinajstić information content (AvgIpc) is 3.84. The van der Waals surface area contributed by atoms with Gasteiger partial charge in [0.1, 0.15) is 35.3 Å². The smallest absolute Gasteiger partial charge is 0.410 e. The van der Waals surface area contributed by atoms with E-state index in [1.54, 1.807) is 37.8 Å². The Hall–Kier alpha value is -5.77. The molecule has 13 heteroatoms. The lowest BCUT2D eigenvalue weighted by atomic mass is 9.94. The van der Waals surface area contributed by atoms with E-state index >= 15 is 8.78 Å². The molecule has 1 aromatic heterocycles. The zero-order valence-electron chi connectivity index (χ0n) is 28.2. The normalized spacial score (nSPS) is 16.3. The predicted molar refractivity (Wildman–Crippen MR) is 183 cm³/mol. The van der Waals surface area contributed by atoms with E-state index < -0.39 is 40.8 Å². The van der Waals surface area contributed by atoms with Gasteiger partial charge < -0.3 is 30.1 Å². The van der Waals surface area contributed by atoms with Gasteiger partial charge in [-0.25, -0.2) is 27.7 Å². The Bertz CT molecular complexity index is 2040. The van der Waals surface area contributed by atoms with Gasteiger partial charge in [0, 0.05) is 42.6 Å². The number of hydrogen-bond donors (Lipinski definition) is 3. The first-order chi connectivity index (χ1) is 24.2. The molecular formula is C38H36F3N5O5. The van der Waals surface area contributed by atoms with Crippen molar-refractivity contribution in [2.45, 2.75) is 70.4 Å². The van der Waals surface area contributed by atoms with E-state index in [-0.39, 0.29) is 71.4 Å². The molecule has 3 aromatic carbocycles. The van der Waals surface area contributed by atoms with E-state index in [9.17, 15) is 19.1 Å². The van der Waals surface area contributed by atoms with E-state index in [1.165, 1.54) is 36.4 Å². The van der Waals surface area contributed by atoms with Crippen LogP contribution >= 0.6 is 0 Å². The summed E-state index contributed by atoms with van der Waals surface area (Å²) in [5, 5.41) is 25.2. The lowest BCUT2D eigenvalue weighted by Gasteiger charge is -2.35. The van der Waals surface area contributed by atoms with Crippen LogP contribution in [-0.2, 0) is 17.8 Å². The molecule has 264 valence electrons. The number of carbonyl (C=O) groups excluding carboxylic acids is 1. The summed E-state index contributed by atoms with van der Waals surface area (Å²) >= 11 is 0. The van der Waals surface area contributed by atoms with Crippen molar-refractivity contribution in [3.63, 3.8) is 0 Å². The van der Waals surface area contributed by atoms with Gasteiger partial charge in [0.05, 0.1) is 34.3 Å². The van der Waals surface area contributed by atoms with E-state index in [0.717, 1.165) is 31.0 Å². The van der Waals surface area contributed by atoms with Crippen LogP contribution in [0.5, 0.6) is 5.88 Å². The predicted octanol–water partition coefficient (Wildman–Crippen LogP) is 7.88. The molecule has 1 saturated carbocycles. The lowest BCUT2D eigenvalue weighted by Crippen LogP contribution is -2.48. The van der Waals surface area contributed by atoms with Crippen molar-refractivity contribution in [3.05, 3.63) is 106 Å². The van der Waals surface area contributed by atoms with Crippen LogP contribution in [0.15, 0.2) is 66.7 Å². The van der Waals surface area contributed by atoms with Crippen molar-refractivity contribution >= 4 is 23.4 Å². The number of nitrogens with one attached hydrogen (secondary N) is 2. The van der Waals surface area contributed by atoms with Crippen molar-refractivity contribution in [2.24, 2.45) is 0 Å². The molecule has 1 aliphatic heterocycles. The van der Waals surface area contributed by atoms with Crippen molar-refractivity contribution < 1.29 is 37.3 Å². The third-order valence-electron chi connectivity index (χ3n) is 8.60. The van der Waals surface area contributed by atoms with Crippen LogP contribution < -0.4 is 15.4 Å². The molecule has 1 amide bonds. The monoisotopic (exact) mass is 699 g/mol. The summed E-state index contributed by atoms with van der Waals surface area (Å²) in [6.45, 7) is 5.38. The number of pyridine rings is 1. The topological polar surface area (TPSA) is 137 Å². The lowest BCUT2D eigenvalue weighted by molar-refractivity contribution is 0.0224. The fourth-order valence-corrected chi connectivity index (χ4v) is 5.96. The van der Waals surface area contributed by atoms with Crippen LogP contribution in [0.1, 0.15) is 67.1 Å². The van der Waals surface area contributed by atoms with Crippen LogP contribution in [0.2, 0.25) is 0 Å². The van der Waals surface area contributed by atoms with Crippen LogP contribution in [0, 0.1) is 28.8 Å². The SMILES string of the molecule is CC(C)(C)OC(=O)N(CCC1(Cc2cc(F)c(-c3cccc(OCc4ccc(C#N)cc4F)n3)cc2F)Nc2ccc(C(=O)O)cc2N1)C1CC1. The fourth-order valence-electron chi connectivity index (χ4n) is 5.96. The highest BCUT2D eigenvalue weighted by atomic mass is 19.1. The number of halogens is 3. The van der Waals surface area contributed by atoms with Gasteiger partial charge in [0.2, 0.25) is 5.88 Å². The molecule has 0 bridgehead atoms. The average molecular weight is 700 g/mol.